The normalized spacial score (nSPS) is 18.3. The van der Waals surface area contributed by atoms with Crippen LogP contribution in [-0.2, 0) is 18.3 Å². The second-order valence-corrected chi connectivity index (χ2v) is 8.00. The molecule has 0 fully saturated rings. The molecular weight excluding hydrogens is 362 g/mol. The number of carbonyl (C=O) groups excluding carboxylic acids is 1. The number of para-hydroxylation sites is 1. The second kappa shape index (κ2) is 6.95. The Morgan fingerprint density at radius 1 is 1.14 bits per heavy atom. The minimum atomic E-state index is 0.0565. The zero-order valence-corrected chi connectivity index (χ0v) is 16.8. The Labute approximate surface area is 170 Å². The molecule has 29 heavy (non-hydrogen) atoms. The highest BCUT2D eigenvalue weighted by Gasteiger charge is 2.25. The van der Waals surface area contributed by atoms with E-state index in [0.29, 0.717) is 6.42 Å². The molecule has 0 bridgehead atoms. The molecule has 148 valence electrons. The first kappa shape index (κ1) is 17.8. The van der Waals surface area contributed by atoms with E-state index in [0.717, 1.165) is 42.0 Å². The lowest BCUT2D eigenvalue weighted by molar-refractivity contribution is -0.116. The van der Waals surface area contributed by atoms with Crippen molar-refractivity contribution in [1.82, 2.24) is 9.78 Å². The molecule has 1 amide bonds. The SMILES string of the molecule is C[C@@H]1CC(=O)Nc2cccc(N3CCCc4cc(-c5cnn(C)c5)ccc43)c2N1. The summed E-state index contributed by atoms with van der Waals surface area (Å²) in [5.41, 5.74) is 7.91. The first-order chi connectivity index (χ1) is 14.1. The molecule has 3 heterocycles. The molecule has 0 spiro atoms. The predicted molar refractivity (Wildman–Crippen MR) is 117 cm³/mol. The first-order valence-corrected chi connectivity index (χ1v) is 10.2. The van der Waals surface area contributed by atoms with Gasteiger partial charge in [-0.15, -0.1) is 0 Å². The third kappa shape index (κ3) is 3.24. The Morgan fingerprint density at radius 2 is 2.03 bits per heavy atom. The van der Waals surface area contributed by atoms with Crippen molar-refractivity contribution in [3.05, 3.63) is 54.4 Å². The van der Waals surface area contributed by atoms with Crippen LogP contribution >= 0.6 is 0 Å². The number of amides is 1. The summed E-state index contributed by atoms with van der Waals surface area (Å²) in [5.74, 6) is 0.0565. The van der Waals surface area contributed by atoms with Crippen LogP contribution in [0.2, 0.25) is 0 Å². The van der Waals surface area contributed by atoms with Gasteiger partial charge in [0.15, 0.2) is 0 Å². The van der Waals surface area contributed by atoms with E-state index in [9.17, 15) is 4.79 Å². The second-order valence-electron chi connectivity index (χ2n) is 8.00. The topological polar surface area (TPSA) is 62.2 Å². The number of rotatable bonds is 2. The molecule has 2 aliphatic rings. The van der Waals surface area contributed by atoms with Gasteiger partial charge in [-0.2, -0.15) is 5.10 Å². The minimum absolute atomic E-state index is 0.0565. The van der Waals surface area contributed by atoms with Gasteiger partial charge in [0.2, 0.25) is 5.91 Å². The molecule has 5 rings (SSSR count). The van der Waals surface area contributed by atoms with Crippen molar-refractivity contribution in [3.63, 3.8) is 0 Å². The minimum Gasteiger partial charge on any atom is -0.379 e. The smallest absolute Gasteiger partial charge is 0.226 e. The third-order valence-corrected chi connectivity index (χ3v) is 5.73. The summed E-state index contributed by atoms with van der Waals surface area (Å²) in [5, 5.41) is 10.9. The van der Waals surface area contributed by atoms with E-state index in [-0.39, 0.29) is 11.9 Å². The van der Waals surface area contributed by atoms with Gasteiger partial charge in [-0.3, -0.25) is 9.48 Å². The fourth-order valence-electron chi connectivity index (χ4n) is 4.39. The van der Waals surface area contributed by atoms with Crippen LogP contribution in [0, 0.1) is 0 Å². The largest absolute Gasteiger partial charge is 0.379 e. The van der Waals surface area contributed by atoms with Gasteiger partial charge in [-0.1, -0.05) is 12.1 Å². The molecule has 0 radical (unpaired) electrons. The summed E-state index contributed by atoms with van der Waals surface area (Å²) < 4.78 is 1.83. The highest BCUT2D eigenvalue weighted by atomic mass is 16.1. The molecule has 0 unspecified atom stereocenters. The van der Waals surface area contributed by atoms with E-state index in [2.05, 4.69) is 51.8 Å². The zero-order valence-electron chi connectivity index (χ0n) is 16.8. The maximum atomic E-state index is 12.1. The summed E-state index contributed by atoms with van der Waals surface area (Å²) in [6.07, 6.45) is 6.59. The molecule has 0 saturated heterocycles. The van der Waals surface area contributed by atoms with E-state index >= 15 is 0 Å². The third-order valence-electron chi connectivity index (χ3n) is 5.73. The van der Waals surface area contributed by atoms with Crippen molar-refractivity contribution < 1.29 is 4.79 Å². The Balaban J connectivity index is 1.56. The number of aromatic nitrogens is 2. The van der Waals surface area contributed by atoms with Crippen LogP contribution in [-0.4, -0.2) is 28.3 Å². The van der Waals surface area contributed by atoms with Gasteiger partial charge in [-0.05, 0) is 55.2 Å². The van der Waals surface area contributed by atoms with Gasteiger partial charge in [0.25, 0.3) is 0 Å². The number of aryl methyl sites for hydroxylation is 2. The van der Waals surface area contributed by atoms with Crippen molar-refractivity contribution in [2.75, 3.05) is 22.1 Å². The average Bonchev–Trinajstić information content (AvgIpc) is 3.08. The van der Waals surface area contributed by atoms with Crippen molar-refractivity contribution >= 4 is 28.7 Å². The zero-order chi connectivity index (χ0) is 20.0. The Kier molecular flexibility index (Phi) is 4.27. The summed E-state index contributed by atoms with van der Waals surface area (Å²) in [4.78, 5) is 14.5. The van der Waals surface area contributed by atoms with Crippen LogP contribution in [0.15, 0.2) is 48.8 Å². The number of carbonyl (C=O) groups is 1. The number of benzene rings is 2. The lowest BCUT2D eigenvalue weighted by Crippen LogP contribution is -2.26. The van der Waals surface area contributed by atoms with Crippen LogP contribution in [0.5, 0.6) is 0 Å². The number of hydrogen-bond acceptors (Lipinski definition) is 4. The number of fused-ring (bicyclic) bond motifs is 2. The van der Waals surface area contributed by atoms with E-state index in [4.69, 9.17) is 0 Å². The maximum absolute atomic E-state index is 12.1. The van der Waals surface area contributed by atoms with Crippen LogP contribution in [0.4, 0.5) is 22.7 Å². The Bertz CT molecular complexity index is 1090. The fraction of sp³-hybridized carbons (Fsp3) is 0.304. The fourth-order valence-corrected chi connectivity index (χ4v) is 4.39. The van der Waals surface area contributed by atoms with Crippen LogP contribution in [0.3, 0.4) is 0 Å². The molecule has 0 saturated carbocycles. The molecule has 0 aliphatic carbocycles. The maximum Gasteiger partial charge on any atom is 0.226 e. The summed E-state index contributed by atoms with van der Waals surface area (Å²) >= 11 is 0. The molecule has 2 N–H and O–H groups in total. The lowest BCUT2D eigenvalue weighted by atomic mass is 9.96. The number of nitrogens with zero attached hydrogens (tertiary/aromatic N) is 3. The van der Waals surface area contributed by atoms with Crippen molar-refractivity contribution in [2.45, 2.75) is 32.2 Å². The quantitative estimate of drug-likeness (QED) is 0.688. The molecule has 1 atom stereocenters. The molecule has 2 aliphatic heterocycles. The van der Waals surface area contributed by atoms with E-state index in [1.807, 2.05) is 36.3 Å². The molecule has 6 heteroatoms. The predicted octanol–water partition coefficient (Wildman–Crippen LogP) is 4.31. The molecule has 6 nitrogen and oxygen atoms in total. The van der Waals surface area contributed by atoms with E-state index in [1.165, 1.54) is 16.8 Å². The van der Waals surface area contributed by atoms with Crippen molar-refractivity contribution in [2.24, 2.45) is 7.05 Å². The number of hydrogen-bond donors (Lipinski definition) is 2. The van der Waals surface area contributed by atoms with Crippen LogP contribution < -0.4 is 15.5 Å². The highest BCUT2D eigenvalue weighted by Crippen LogP contribution is 2.42. The van der Waals surface area contributed by atoms with Gasteiger partial charge in [-0.25, -0.2) is 0 Å². The van der Waals surface area contributed by atoms with Crippen LogP contribution in [0.25, 0.3) is 11.1 Å². The molecule has 1 aromatic heterocycles. The van der Waals surface area contributed by atoms with Gasteiger partial charge in [0.1, 0.15) is 0 Å². The van der Waals surface area contributed by atoms with Gasteiger partial charge >= 0.3 is 0 Å². The summed E-state index contributed by atoms with van der Waals surface area (Å²) in [6.45, 7) is 3.01. The van der Waals surface area contributed by atoms with Crippen molar-refractivity contribution in [3.8, 4) is 11.1 Å². The standard InChI is InChI=1S/C23H25N5O/c1-15-11-22(29)26-19-6-3-7-21(23(19)25-15)28-10-4-5-17-12-16(8-9-20(17)28)18-13-24-27(2)14-18/h3,6-9,12-15,25H,4-5,10-11H2,1-2H3,(H,26,29)/t15-/m1/s1. The van der Waals surface area contributed by atoms with Gasteiger partial charge in [0.05, 0.1) is 23.3 Å². The first-order valence-electron chi connectivity index (χ1n) is 10.2. The van der Waals surface area contributed by atoms with Crippen LogP contribution in [0.1, 0.15) is 25.3 Å². The van der Waals surface area contributed by atoms with E-state index in [1.54, 1.807) is 0 Å². The Hall–Kier alpha value is -3.28. The number of anilines is 4. The van der Waals surface area contributed by atoms with Crippen molar-refractivity contribution in [1.29, 1.82) is 0 Å². The molecular formula is C23H25N5O. The monoisotopic (exact) mass is 387 g/mol. The molecule has 2 aromatic carbocycles. The Morgan fingerprint density at radius 3 is 2.86 bits per heavy atom. The van der Waals surface area contributed by atoms with E-state index < -0.39 is 0 Å². The highest BCUT2D eigenvalue weighted by molar-refractivity contribution is 6.00. The van der Waals surface area contributed by atoms with Gasteiger partial charge < -0.3 is 15.5 Å². The lowest BCUT2D eigenvalue weighted by Gasteiger charge is -2.34. The summed E-state index contributed by atoms with van der Waals surface area (Å²) in [6, 6.07) is 12.9. The van der Waals surface area contributed by atoms with Gasteiger partial charge in [0, 0.05) is 43.5 Å². The summed E-state index contributed by atoms with van der Waals surface area (Å²) in [7, 11) is 1.94. The number of nitrogens with one attached hydrogen (secondary N) is 2. The average molecular weight is 387 g/mol. The molecule has 3 aromatic rings.